The third-order valence-corrected chi connectivity index (χ3v) is 7.70. The number of ether oxygens (including phenoxy) is 1. The Balaban J connectivity index is 1.74. The molecule has 3 heterocycles. The number of benzene rings is 1. The average molecular weight is 561 g/mol. The molecule has 1 N–H and O–H groups in total. The highest BCUT2D eigenvalue weighted by molar-refractivity contribution is 6.76. The number of pyridine rings is 1. The van der Waals surface area contributed by atoms with E-state index in [2.05, 4.69) is 39.7 Å². The Morgan fingerprint density at radius 3 is 2.47 bits per heavy atom. The van der Waals surface area contributed by atoms with Crippen LogP contribution in [0.2, 0.25) is 30.8 Å². The number of hydrogen-bond acceptors (Lipinski definition) is 6. The van der Waals surface area contributed by atoms with Crippen LogP contribution in [-0.2, 0) is 18.0 Å². The fourth-order valence-corrected chi connectivity index (χ4v) is 4.56. The van der Waals surface area contributed by atoms with Crippen molar-refractivity contribution in [3.05, 3.63) is 59.0 Å². The van der Waals surface area contributed by atoms with Crippen LogP contribution >= 0.6 is 11.6 Å². The molecule has 4 rings (SSSR count). The summed E-state index contributed by atoms with van der Waals surface area (Å²) in [5, 5.41) is 14.0. The van der Waals surface area contributed by atoms with Gasteiger partial charge < -0.3 is 14.7 Å². The van der Waals surface area contributed by atoms with Gasteiger partial charge in [-0.1, -0.05) is 31.2 Å². The van der Waals surface area contributed by atoms with Crippen LogP contribution in [0.4, 0.5) is 13.6 Å². The van der Waals surface area contributed by atoms with Gasteiger partial charge in [0.1, 0.15) is 40.2 Å². The van der Waals surface area contributed by atoms with Gasteiger partial charge in [-0.15, -0.1) is 0 Å². The lowest BCUT2D eigenvalue weighted by molar-refractivity contribution is 0.0818. The maximum absolute atomic E-state index is 15.1. The van der Waals surface area contributed by atoms with Gasteiger partial charge >= 0.3 is 6.09 Å². The van der Waals surface area contributed by atoms with Crippen molar-refractivity contribution in [2.75, 3.05) is 13.7 Å². The van der Waals surface area contributed by atoms with Crippen molar-refractivity contribution < 1.29 is 23.4 Å². The first-order valence-electron chi connectivity index (χ1n) is 11.8. The number of aromatic nitrogens is 5. The molecule has 0 radical (unpaired) electrons. The molecule has 4 aromatic rings. The Morgan fingerprint density at radius 2 is 1.87 bits per heavy atom. The predicted octanol–water partition coefficient (Wildman–Crippen LogP) is 5.91. The summed E-state index contributed by atoms with van der Waals surface area (Å²) in [6, 6.07) is 6.47. The number of amides is 1. The minimum Gasteiger partial charge on any atom is -0.465 e. The van der Waals surface area contributed by atoms with Crippen LogP contribution < -0.4 is 0 Å². The van der Waals surface area contributed by atoms with E-state index in [1.807, 2.05) is 0 Å². The Hall–Kier alpha value is -3.48. The molecule has 1 amide bonds. The number of hydrogen-bond donors (Lipinski definition) is 1. The van der Waals surface area contributed by atoms with E-state index in [-0.39, 0.29) is 24.7 Å². The van der Waals surface area contributed by atoms with E-state index in [0.717, 1.165) is 23.1 Å². The molecule has 0 aliphatic rings. The lowest BCUT2D eigenvalue weighted by atomic mass is 10.1. The SMILES string of the molecule is CN(Cc1cc(F)c(-c2ncc3c(n2)c(-c2ccc(Cl)nc2)nn3COCC[Si](C)(C)C)c(F)c1)C(=O)O. The molecule has 0 bridgehead atoms. The molecule has 0 saturated carbocycles. The van der Waals surface area contributed by atoms with Gasteiger partial charge in [-0.2, -0.15) is 5.10 Å². The Bertz CT molecular complexity index is 1450. The van der Waals surface area contributed by atoms with Gasteiger partial charge in [0.05, 0.1) is 11.8 Å². The molecule has 200 valence electrons. The Morgan fingerprint density at radius 1 is 1.16 bits per heavy atom. The summed E-state index contributed by atoms with van der Waals surface area (Å²) in [6.45, 7) is 7.33. The Labute approximate surface area is 224 Å². The van der Waals surface area contributed by atoms with Gasteiger partial charge in [0.25, 0.3) is 0 Å². The number of fused-ring (bicyclic) bond motifs is 1. The van der Waals surface area contributed by atoms with Gasteiger partial charge in [-0.25, -0.2) is 33.2 Å². The number of nitrogens with zero attached hydrogens (tertiary/aromatic N) is 6. The minimum absolute atomic E-state index is 0.152. The normalized spacial score (nSPS) is 11.8. The van der Waals surface area contributed by atoms with Crippen molar-refractivity contribution in [3.63, 3.8) is 0 Å². The van der Waals surface area contributed by atoms with Crippen molar-refractivity contribution >= 4 is 36.8 Å². The minimum atomic E-state index is -1.28. The summed E-state index contributed by atoms with van der Waals surface area (Å²) < 4.78 is 37.6. The second-order valence-electron chi connectivity index (χ2n) is 10.1. The fourth-order valence-electron chi connectivity index (χ4n) is 3.69. The van der Waals surface area contributed by atoms with Crippen LogP contribution in [0.1, 0.15) is 5.56 Å². The van der Waals surface area contributed by atoms with Crippen molar-refractivity contribution in [2.45, 2.75) is 39.0 Å². The fraction of sp³-hybridized carbons (Fsp3) is 0.320. The zero-order chi connectivity index (χ0) is 27.6. The van der Waals surface area contributed by atoms with Crippen LogP contribution in [0.5, 0.6) is 0 Å². The molecule has 13 heteroatoms. The highest BCUT2D eigenvalue weighted by Crippen LogP contribution is 2.31. The third-order valence-electron chi connectivity index (χ3n) is 5.78. The lowest BCUT2D eigenvalue weighted by Gasteiger charge is -2.15. The van der Waals surface area contributed by atoms with Gasteiger partial charge in [0, 0.05) is 40.0 Å². The number of halogens is 3. The summed E-state index contributed by atoms with van der Waals surface area (Å²) in [5.74, 6) is -1.99. The van der Waals surface area contributed by atoms with Crippen LogP contribution in [0.15, 0.2) is 36.7 Å². The molecule has 0 fully saturated rings. The summed E-state index contributed by atoms with van der Waals surface area (Å²) in [6.07, 6.45) is 1.77. The van der Waals surface area contributed by atoms with Crippen molar-refractivity contribution in [3.8, 4) is 22.6 Å². The molecule has 0 saturated heterocycles. The van der Waals surface area contributed by atoms with Gasteiger partial charge in [-0.3, -0.25) is 0 Å². The van der Waals surface area contributed by atoms with E-state index in [1.165, 1.54) is 19.4 Å². The zero-order valence-electron chi connectivity index (χ0n) is 21.4. The zero-order valence-corrected chi connectivity index (χ0v) is 23.1. The van der Waals surface area contributed by atoms with E-state index in [0.29, 0.717) is 34.1 Å². The first kappa shape index (κ1) is 27.5. The van der Waals surface area contributed by atoms with Gasteiger partial charge in [-0.05, 0) is 35.9 Å². The number of carboxylic acid groups (broad SMARTS) is 1. The molecule has 9 nitrogen and oxygen atoms in total. The summed E-state index contributed by atoms with van der Waals surface area (Å²) >= 11 is 5.95. The molecule has 0 unspecified atom stereocenters. The Kier molecular flexibility index (Phi) is 8.04. The van der Waals surface area contributed by atoms with Gasteiger partial charge in [0.2, 0.25) is 0 Å². The average Bonchev–Trinajstić information content (AvgIpc) is 3.19. The second-order valence-corrected chi connectivity index (χ2v) is 16.1. The summed E-state index contributed by atoms with van der Waals surface area (Å²) in [4.78, 5) is 24.8. The molecule has 38 heavy (non-hydrogen) atoms. The smallest absolute Gasteiger partial charge is 0.407 e. The van der Waals surface area contributed by atoms with Crippen molar-refractivity contribution in [2.24, 2.45) is 0 Å². The maximum Gasteiger partial charge on any atom is 0.407 e. The lowest BCUT2D eigenvalue weighted by Crippen LogP contribution is -2.24. The summed E-state index contributed by atoms with van der Waals surface area (Å²) in [5.41, 5.74) is 1.66. The highest BCUT2D eigenvalue weighted by Gasteiger charge is 2.21. The predicted molar refractivity (Wildman–Crippen MR) is 143 cm³/mol. The molecule has 0 atom stereocenters. The molecule has 0 spiro atoms. The molecule has 0 aliphatic heterocycles. The molecular weight excluding hydrogens is 534 g/mol. The first-order chi connectivity index (χ1) is 17.9. The van der Waals surface area contributed by atoms with Gasteiger partial charge in [0.15, 0.2) is 5.82 Å². The number of carbonyl (C=O) groups is 1. The molecular formula is C25H27ClF2N6O3Si. The molecule has 0 aliphatic carbocycles. The van der Waals surface area contributed by atoms with Crippen LogP contribution in [0.3, 0.4) is 0 Å². The largest absolute Gasteiger partial charge is 0.465 e. The quantitative estimate of drug-likeness (QED) is 0.154. The molecule has 1 aromatic carbocycles. The molecule has 3 aromatic heterocycles. The van der Waals surface area contributed by atoms with Crippen LogP contribution in [0, 0.1) is 11.6 Å². The third kappa shape index (κ3) is 6.32. The number of rotatable bonds is 9. The van der Waals surface area contributed by atoms with E-state index in [4.69, 9.17) is 21.4 Å². The second kappa shape index (κ2) is 11.1. The van der Waals surface area contributed by atoms with Crippen molar-refractivity contribution in [1.82, 2.24) is 29.6 Å². The highest BCUT2D eigenvalue weighted by atomic mass is 35.5. The van der Waals surface area contributed by atoms with Crippen LogP contribution in [-0.4, -0.2) is 62.6 Å². The topological polar surface area (TPSA) is 106 Å². The standard InChI is InChI=1S/C25H27ClF2N6O3Si/c1-33(25(35)36)13-15-9-17(27)21(18(28)10-15)24-30-12-19-23(31-24)22(16-5-6-20(26)29-11-16)32-34(19)14-37-7-8-38(2,3)4/h5-6,9-12H,7-8,13-14H2,1-4H3,(H,35,36). The maximum atomic E-state index is 15.1. The summed E-state index contributed by atoms with van der Waals surface area (Å²) in [7, 11) is 0.0287. The van der Waals surface area contributed by atoms with Crippen LogP contribution in [0.25, 0.3) is 33.7 Å². The monoisotopic (exact) mass is 560 g/mol. The first-order valence-corrected chi connectivity index (χ1v) is 15.9. The van der Waals surface area contributed by atoms with E-state index >= 15 is 8.78 Å². The van der Waals surface area contributed by atoms with E-state index in [1.54, 1.807) is 16.8 Å². The van der Waals surface area contributed by atoms with E-state index < -0.39 is 31.4 Å². The van der Waals surface area contributed by atoms with Crippen molar-refractivity contribution in [1.29, 1.82) is 0 Å². The van der Waals surface area contributed by atoms with E-state index in [9.17, 15) is 4.79 Å².